The van der Waals surface area contributed by atoms with Crippen molar-refractivity contribution in [3.63, 3.8) is 0 Å². The van der Waals surface area contributed by atoms with Crippen LogP contribution in [0.4, 0.5) is 5.82 Å². The van der Waals surface area contributed by atoms with Crippen molar-refractivity contribution in [1.82, 2.24) is 13.7 Å². The Bertz CT molecular complexity index is 896. The first-order chi connectivity index (χ1) is 9.72. The molecule has 0 amide bonds. The maximum absolute atomic E-state index is 12.7. The summed E-state index contributed by atoms with van der Waals surface area (Å²) in [6.07, 6.45) is 1.87. The number of nitrogens with two attached hydrogens (primary N) is 1. The van der Waals surface area contributed by atoms with Crippen LogP contribution in [0.3, 0.4) is 0 Å². The average Bonchev–Trinajstić information content (AvgIpc) is 3.01. The van der Waals surface area contributed by atoms with E-state index in [1.165, 1.54) is 22.8 Å². The molecular formula is C10H14N4O4S3. The number of thiazole rings is 1. The van der Waals surface area contributed by atoms with E-state index in [-0.39, 0.29) is 22.3 Å². The van der Waals surface area contributed by atoms with Gasteiger partial charge in [-0.3, -0.25) is 4.40 Å². The van der Waals surface area contributed by atoms with Crippen molar-refractivity contribution in [2.45, 2.75) is 17.5 Å². The lowest BCUT2D eigenvalue weighted by atomic mass is 10.3. The van der Waals surface area contributed by atoms with Crippen LogP contribution in [0.15, 0.2) is 16.6 Å². The highest BCUT2D eigenvalue weighted by atomic mass is 32.2. The zero-order chi connectivity index (χ0) is 15.4. The second-order valence-electron chi connectivity index (χ2n) is 4.94. The smallest absolute Gasteiger partial charge is 0.262 e. The van der Waals surface area contributed by atoms with Crippen molar-refractivity contribution in [1.29, 1.82) is 0 Å². The molecule has 1 fully saturated rings. The summed E-state index contributed by atoms with van der Waals surface area (Å²) in [4.78, 5) is 4.50. The van der Waals surface area contributed by atoms with E-state index in [2.05, 4.69) is 4.98 Å². The summed E-state index contributed by atoms with van der Waals surface area (Å²) in [6, 6.07) is -0.566. The lowest BCUT2D eigenvalue weighted by Gasteiger charge is -2.22. The molecule has 1 aliphatic rings. The fourth-order valence-electron chi connectivity index (χ4n) is 2.43. The number of nitrogen functional groups attached to an aromatic ring is 1. The number of hydrogen-bond donors (Lipinski definition) is 1. The van der Waals surface area contributed by atoms with E-state index in [1.54, 1.807) is 11.6 Å². The third-order valence-electron chi connectivity index (χ3n) is 3.59. The van der Waals surface area contributed by atoms with Gasteiger partial charge in [0, 0.05) is 24.7 Å². The molecule has 0 saturated carbocycles. The maximum atomic E-state index is 12.7. The molecule has 2 N–H and O–H groups in total. The van der Waals surface area contributed by atoms with Crippen molar-refractivity contribution in [2.75, 3.05) is 24.3 Å². The molecule has 11 heteroatoms. The molecule has 0 aromatic carbocycles. The largest absolute Gasteiger partial charge is 0.381 e. The lowest BCUT2D eigenvalue weighted by molar-refractivity contribution is 0.392. The third-order valence-corrected chi connectivity index (χ3v) is 8.05. The number of rotatable bonds is 3. The molecule has 3 heterocycles. The number of fused-ring (bicyclic) bond motifs is 1. The molecule has 1 atom stereocenters. The normalized spacial score (nSPS) is 22.3. The molecule has 0 spiro atoms. The number of nitrogens with zero attached hydrogens (tertiary/aromatic N) is 3. The number of aromatic nitrogens is 2. The molecule has 1 saturated heterocycles. The van der Waals surface area contributed by atoms with Gasteiger partial charge in [0.25, 0.3) is 10.0 Å². The molecule has 0 radical (unpaired) electrons. The van der Waals surface area contributed by atoms with Crippen LogP contribution < -0.4 is 5.73 Å². The van der Waals surface area contributed by atoms with E-state index >= 15 is 0 Å². The zero-order valence-electron chi connectivity index (χ0n) is 11.1. The topological polar surface area (TPSA) is 115 Å². The van der Waals surface area contributed by atoms with Crippen molar-refractivity contribution < 1.29 is 16.8 Å². The van der Waals surface area contributed by atoms with Crippen LogP contribution >= 0.6 is 11.3 Å². The first-order valence-corrected chi connectivity index (χ1v) is 10.3. The summed E-state index contributed by atoms with van der Waals surface area (Å²) in [7, 11) is -5.69. The van der Waals surface area contributed by atoms with Crippen molar-refractivity contribution in [2.24, 2.45) is 0 Å². The van der Waals surface area contributed by atoms with Crippen LogP contribution in [0.2, 0.25) is 0 Å². The van der Waals surface area contributed by atoms with Crippen molar-refractivity contribution >= 4 is 42.0 Å². The van der Waals surface area contributed by atoms with Crippen LogP contribution in [-0.2, 0) is 19.9 Å². The summed E-state index contributed by atoms with van der Waals surface area (Å²) in [6.45, 7) is 0. The minimum atomic E-state index is -3.91. The number of sulfone groups is 1. The maximum Gasteiger partial charge on any atom is 0.262 e. The molecule has 3 rings (SSSR count). The first-order valence-electron chi connectivity index (χ1n) is 6.12. The molecule has 21 heavy (non-hydrogen) atoms. The summed E-state index contributed by atoms with van der Waals surface area (Å²) in [5.41, 5.74) is 5.72. The van der Waals surface area contributed by atoms with E-state index in [4.69, 9.17) is 5.73 Å². The van der Waals surface area contributed by atoms with Gasteiger partial charge in [-0.15, -0.1) is 11.3 Å². The Labute approximate surface area is 126 Å². The molecule has 2 aromatic heterocycles. The lowest BCUT2D eigenvalue weighted by Crippen LogP contribution is -2.38. The van der Waals surface area contributed by atoms with Gasteiger partial charge in [0.2, 0.25) is 0 Å². The molecular weight excluding hydrogens is 336 g/mol. The molecule has 116 valence electrons. The quantitative estimate of drug-likeness (QED) is 0.819. The fourth-order valence-corrected chi connectivity index (χ4v) is 6.63. The van der Waals surface area contributed by atoms with Gasteiger partial charge in [0.15, 0.2) is 25.6 Å². The average molecular weight is 350 g/mol. The van der Waals surface area contributed by atoms with Gasteiger partial charge in [-0.2, -0.15) is 4.31 Å². The van der Waals surface area contributed by atoms with Gasteiger partial charge >= 0.3 is 0 Å². The van der Waals surface area contributed by atoms with Crippen molar-refractivity contribution in [3.8, 4) is 0 Å². The van der Waals surface area contributed by atoms with Gasteiger partial charge in [0.1, 0.15) is 0 Å². The monoisotopic (exact) mass is 350 g/mol. The second kappa shape index (κ2) is 4.66. The SMILES string of the molecule is CN(C1CCS(=O)(=O)C1)S(=O)(=O)c1c(N)nc2sccn12. The molecule has 8 nitrogen and oxygen atoms in total. The number of anilines is 1. The minimum absolute atomic E-state index is 0.00722. The van der Waals surface area contributed by atoms with Gasteiger partial charge in [-0.05, 0) is 6.42 Å². The third kappa shape index (κ3) is 2.33. The minimum Gasteiger partial charge on any atom is -0.381 e. The van der Waals surface area contributed by atoms with E-state index < -0.39 is 25.9 Å². The Balaban J connectivity index is 2.04. The van der Waals surface area contributed by atoms with E-state index in [0.717, 1.165) is 4.31 Å². The number of hydrogen-bond acceptors (Lipinski definition) is 7. The molecule has 1 unspecified atom stereocenters. The van der Waals surface area contributed by atoms with Gasteiger partial charge in [0.05, 0.1) is 11.5 Å². The Morgan fingerprint density at radius 3 is 2.86 bits per heavy atom. The Kier molecular flexibility index (Phi) is 3.28. The zero-order valence-corrected chi connectivity index (χ0v) is 13.6. The van der Waals surface area contributed by atoms with E-state index in [1.807, 2.05) is 0 Å². The Hall–Kier alpha value is -1.17. The molecule has 0 bridgehead atoms. The summed E-state index contributed by atoms with van der Waals surface area (Å²) in [5, 5.41) is 1.60. The molecule has 1 aliphatic heterocycles. The molecule has 0 aliphatic carbocycles. The highest BCUT2D eigenvalue weighted by Gasteiger charge is 2.38. The van der Waals surface area contributed by atoms with Crippen LogP contribution in [-0.4, -0.2) is 55.1 Å². The summed E-state index contributed by atoms with van der Waals surface area (Å²) >= 11 is 1.28. The molecule has 2 aromatic rings. The number of imidazole rings is 1. The van der Waals surface area contributed by atoms with Crippen LogP contribution in [0.5, 0.6) is 0 Å². The standard InChI is InChI=1S/C10H14N4O4S3/c1-13(7-2-5-20(15,16)6-7)21(17,18)9-8(11)12-10-14(9)3-4-19-10/h3-4,7H,2,5-6,11H2,1H3. The van der Waals surface area contributed by atoms with Gasteiger partial charge < -0.3 is 5.73 Å². The summed E-state index contributed by atoms with van der Waals surface area (Å²) < 4.78 is 51.0. The summed E-state index contributed by atoms with van der Waals surface area (Å²) in [5.74, 6) is -0.226. The van der Waals surface area contributed by atoms with E-state index in [0.29, 0.717) is 11.4 Å². The fraction of sp³-hybridized carbons (Fsp3) is 0.500. The van der Waals surface area contributed by atoms with Crippen LogP contribution in [0.25, 0.3) is 4.96 Å². The van der Waals surface area contributed by atoms with E-state index in [9.17, 15) is 16.8 Å². The van der Waals surface area contributed by atoms with Gasteiger partial charge in [-0.25, -0.2) is 21.8 Å². The van der Waals surface area contributed by atoms with Crippen molar-refractivity contribution in [3.05, 3.63) is 11.6 Å². The predicted octanol–water partition coefficient (Wildman–Crippen LogP) is -0.214. The predicted molar refractivity (Wildman–Crippen MR) is 79.5 cm³/mol. The van der Waals surface area contributed by atoms with Crippen LogP contribution in [0.1, 0.15) is 6.42 Å². The second-order valence-corrected chi connectivity index (χ2v) is 9.95. The Morgan fingerprint density at radius 2 is 2.24 bits per heavy atom. The highest BCUT2D eigenvalue weighted by molar-refractivity contribution is 7.92. The first kappa shape index (κ1) is 14.8. The Morgan fingerprint density at radius 1 is 1.52 bits per heavy atom. The van der Waals surface area contributed by atoms with Gasteiger partial charge in [-0.1, -0.05) is 0 Å². The highest BCUT2D eigenvalue weighted by Crippen LogP contribution is 2.28. The van der Waals surface area contributed by atoms with Crippen LogP contribution in [0, 0.1) is 0 Å². The number of sulfonamides is 1.